The van der Waals surface area contributed by atoms with E-state index in [2.05, 4.69) is 43.5 Å². The second kappa shape index (κ2) is 18.2. The van der Waals surface area contributed by atoms with Crippen molar-refractivity contribution >= 4 is 128 Å². The molecule has 2 aliphatic heterocycles. The van der Waals surface area contributed by atoms with E-state index in [9.17, 15) is 39.0 Å². The molecule has 6 rings (SSSR count). The van der Waals surface area contributed by atoms with Gasteiger partial charge in [-0.25, -0.2) is 19.6 Å². The van der Waals surface area contributed by atoms with Crippen molar-refractivity contribution in [2.75, 3.05) is 55.0 Å². The molecule has 294 valence electrons. The van der Waals surface area contributed by atoms with Gasteiger partial charge in [-0.05, 0) is 17.4 Å². The highest BCUT2D eigenvalue weighted by Crippen LogP contribution is 2.47. The van der Waals surface area contributed by atoms with Gasteiger partial charge in [0.2, 0.25) is 0 Å². The fourth-order valence-electron chi connectivity index (χ4n) is 6.27. The van der Waals surface area contributed by atoms with Crippen LogP contribution in [0.25, 0.3) is 0 Å². The molecule has 2 fully saturated rings. The molecule has 6 atom stereocenters. The van der Waals surface area contributed by atoms with Crippen LogP contribution in [0.1, 0.15) is 11.4 Å². The number of aliphatic carboxylic acids is 2. The summed E-state index contributed by atoms with van der Waals surface area (Å²) in [6.45, 7) is 0. The summed E-state index contributed by atoms with van der Waals surface area (Å²) in [6.07, 6.45) is 1.89. The Morgan fingerprint density at radius 1 is 0.836 bits per heavy atom. The van der Waals surface area contributed by atoms with Gasteiger partial charge in [0.1, 0.15) is 37.7 Å². The molecule has 2 unspecified atom stereocenters. The number of ketones is 2. The van der Waals surface area contributed by atoms with Crippen molar-refractivity contribution < 1.29 is 48.7 Å². The van der Waals surface area contributed by atoms with Crippen LogP contribution < -0.4 is 22.1 Å². The number of nitrogens with zero attached hydrogens (tertiary/aromatic N) is 4. The van der Waals surface area contributed by atoms with E-state index in [0.29, 0.717) is 22.8 Å². The maximum absolute atomic E-state index is 12.7. The van der Waals surface area contributed by atoms with Crippen molar-refractivity contribution in [1.82, 2.24) is 20.6 Å². The van der Waals surface area contributed by atoms with Crippen LogP contribution in [0.4, 0.5) is 10.3 Å². The lowest BCUT2D eigenvalue weighted by Crippen LogP contribution is -2.66. The summed E-state index contributed by atoms with van der Waals surface area (Å²) in [5.74, 6) is -3.74. The van der Waals surface area contributed by atoms with E-state index in [1.165, 1.54) is 49.5 Å². The number of carbonyl (C=O) groups is 6. The van der Waals surface area contributed by atoms with Crippen LogP contribution in [0.2, 0.25) is 0 Å². The average Bonchev–Trinajstić information content (AvgIpc) is 3.80. The van der Waals surface area contributed by atoms with Gasteiger partial charge in [0.05, 0.1) is 11.8 Å². The second-order valence-electron chi connectivity index (χ2n) is 11.8. The van der Waals surface area contributed by atoms with E-state index in [1.54, 1.807) is 10.8 Å². The van der Waals surface area contributed by atoms with Gasteiger partial charge in [-0.2, -0.15) is 47.9 Å². The smallest absolute Gasteiger partial charge is 0.332 e. The first-order chi connectivity index (χ1) is 26.3. The number of aromatic nitrogens is 2. The number of carboxylic acids is 2. The molecule has 2 saturated carbocycles. The average molecular weight is 871 g/mol. The second-order valence-corrected chi connectivity index (χ2v) is 17.1. The number of carbonyl (C=O) groups excluding carboxylic acids is 4. The largest absolute Gasteiger partial charge is 0.478 e. The molecule has 0 spiro atoms. The minimum Gasteiger partial charge on any atom is -0.478 e. The number of hydrogen-bond acceptors (Lipinski definition) is 20. The third-order valence-corrected chi connectivity index (χ3v) is 13.9. The molecule has 4 aliphatic rings. The monoisotopic (exact) mass is 870 g/mol. The van der Waals surface area contributed by atoms with Crippen LogP contribution in [0.3, 0.4) is 0 Å². The summed E-state index contributed by atoms with van der Waals surface area (Å²) in [6, 6.07) is -1.59. The molecule has 0 bridgehead atoms. The van der Waals surface area contributed by atoms with E-state index in [4.69, 9.17) is 21.1 Å². The van der Waals surface area contributed by atoms with Crippen molar-refractivity contribution in [2.24, 2.45) is 22.1 Å². The first kappa shape index (κ1) is 42.1. The lowest BCUT2D eigenvalue weighted by Gasteiger charge is -2.46. The van der Waals surface area contributed by atoms with Gasteiger partial charge in [0.15, 0.2) is 33.3 Å². The summed E-state index contributed by atoms with van der Waals surface area (Å²) in [5.41, 5.74) is 13.1. The molecule has 2 aromatic rings. The quantitative estimate of drug-likeness (QED) is 0.0833. The highest BCUT2D eigenvalue weighted by Gasteiger charge is 2.57. The van der Waals surface area contributed by atoms with Crippen molar-refractivity contribution in [1.29, 1.82) is 0 Å². The number of oxime groups is 2. The van der Waals surface area contributed by atoms with E-state index >= 15 is 0 Å². The van der Waals surface area contributed by atoms with Crippen LogP contribution >= 0.6 is 70.6 Å². The van der Waals surface area contributed by atoms with Crippen LogP contribution in [0, 0.1) is 11.8 Å². The van der Waals surface area contributed by atoms with Crippen LogP contribution in [0.15, 0.2) is 43.4 Å². The molecule has 2 amide bonds. The first-order valence-electron chi connectivity index (χ1n) is 15.8. The van der Waals surface area contributed by atoms with Crippen LogP contribution in [-0.4, -0.2) is 133 Å². The van der Waals surface area contributed by atoms with Crippen molar-refractivity contribution in [3.63, 3.8) is 0 Å². The predicted octanol–water partition coefficient (Wildman–Crippen LogP) is 0.805. The lowest BCUT2D eigenvalue weighted by molar-refractivity contribution is -0.139. The fourth-order valence-corrected chi connectivity index (χ4v) is 11.6. The Labute approximate surface area is 339 Å². The number of anilines is 2. The zero-order valence-corrected chi connectivity index (χ0v) is 34.0. The van der Waals surface area contributed by atoms with Crippen molar-refractivity contribution in [3.05, 3.63) is 44.4 Å². The number of Topliss-reactive ketones (excluding diaryl/α,β-unsaturated/α-hetero) is 2. The third-order valence-electron chi connectivity index (χ3n) is 8.69. The molecule has 2 aromatic heterocycles. The molecule has 0 aromatic carbocycles. The first-order valence-corrected chi connectivity index (χ1v) is 21.7. The van der Waals surface area contributed by atoms with Gasteiger partial charge in [0.25, 0.3) is 11.8 Å². The van der Waals surface area contributed by atoms with Gasteiger partial charge in [-0.15, -0.1) is 22.7 Å². The molecule has 0 saturated heterocycles. The predicted molar refractivity (Wildman–Crippen MR) is 215 cm³/mol. The van der Waals surface area contributed by atoms with Crippen LogP contribution in [0.5, 0.6) is 0 Å². The molecule has 24 heteroatoms. The summed E-state index contributed by atoms with van der Waals surface area (Å²) >= 11 is 10.9. The zero-order valence-electron chi connectivity index (χ0n) is 29.0. The number of thiazole rings is 2. The normalized spacial score (nSPS) is 24.7. The summed E-state index contributed by atoms with van der Waals surface area (Å²) in [7, 11) is 2.58. The minimum atomic E-state index is -1.12. The molecule has 2 aliphatic carbocycles. The van der Waals surface area contributed by atoms with Gasteiger partial charge in [-0.1, -0.05) is 10.3 Å². The number of amides is 2. The highest BCUT2D eigenvalue weighted by molar-refractivity contribution is 8.01. The minimum absolute atomic E-state index is 0.0930. The summed E-state index contributed by atoms with van der Waals surface area (Å²) in [5, 5.41) is 34.7. The number of hydrogen-bond donors (Lipinski definition) is 7. The fraction of sp³-hybridized carbons (Fsp3) is 0.419. The molecular formula is C31H34N8O10S6. The number of carboxylic acid groups (broad SMARTS) is 2. The molecule has 8 N–H and O–H groups in total. The Hall–Kier alpha value is -4.10. The number of thioether (sulfide) groups is 3. The van der Waals surface area contributed by atoms with Crippen LogP contribution in [-0.2, 0) is 38.4 Å². The molecule has 18 nitrogen and oxygen atoms in total. The Bertz CT molecular complexity index is 2030. The van der Waals surface area contributed by atoms with E-state index in [1.807, 2.05) is 6.26 Å². The maximum Gasteiger partial charge on any atom is 0.332 e. The van der Waals surface area contributed by atoms with Crippen molar-refractivity contribution in [3.8, 4) is 0 Å². The number of nitrogens with one attached hydrogen (secondary N) is 2. The van der Waals surface area contributed by atoms with E-state index in [0.717, 1.165) is 28.2 Å². The number of nitrogens with two attached hydrogens (primary N) is 2. The SMILES string of the molecule is CO/N=C(\C(=O)N[C@@H]1C(=O)C2C(C(=O)O)=C(CS)CS[C@@H]21)c1csc(N)n1.CO/N=C(\C(=O)N[C@@H]1C(=O)C2C(C(=O)O)=C(CSC)CS[C@@H]21)c1csc(N)n1. The Balaban J connectivity index is 0.000000211. The molecule has 55 heavy (non-hydrogen) atoms. The Morgan fingerprint density at radius 3 is 1.60 bits per heavy atom. The standard InChI is InChI=1S/C16H18N4O5S3.C15H16N4O5S3/c1-25-20-10(7-5-28-16(17)18-7)14(22)19-11-12(21)9-8(15(23)24)6(3-26-2)4-27-13(9)11;1-24-19-9(6-4-27-15(16)17-6)13(21)18-10-11(20)8-7(14(22)23)5(2-25)3-26-12(8)10/h5,9,11,13H,3-4H2,1-2H3,(H2,17,18)(H,19,22)(H,23,24);4,8,10,12,25H,2-3H2,1H3,(H2,16,17)(H,18,21)(H,22,23)/b20-10-;19-9-/t9?,11-,13+;8?,10-,12+/m11/s1. The van der Waals surface area contributed by atoms with Crippen molar-refractivity contribution in [2.45, 2.75) is 22.6 Å². The van der Waals surface area contributed by atoms with E-state index < -0.39 is 47.7 Å². The third kappa shape index (κ3) is 8.67. The van der Waals surface area contributed by atoms with E-state index in [-0.39, 0.29) is 72.0 Å². The number of fused-ring (bicyclic) bond motifs is 2. The molecule has 0 radical (unpaired) electrons. The summed E-state index contributed by atoms with van der Waals surface area (Å²) < 4.78 is 0. The summed E-state index contributed by atoms with van der Waals surface area (Å²) in [4.78, 5) is 91.2. The molecular weight excluding hydrogens is 837 g/mol. The topological polar surface area (TPSA) is 288 Å². The lowest BCUT2D eigenvalue weighted by atomic mass is 9.71. The Morgan fingerprint density at radius 2 is 1.25 bits per heavy atom. The van der Waals surface area contributed by atoms with Gasteiger partial charge in [-0.3, -0.25) is 19.2 Å². The number of rotatable bonds is 13. The maximum atomic E-state index is 12.7. The zero-order chi connectivity index (χ0) is 40.1. The number of nitrogen functional groups attached to an aromatic ring is 2. The molecule has 4 heterocycles. The van der Waals surface area contributed by atoms with Gasteiger partial charge < -0.3 is 42.0 Å². The van der Waals surface area contributed by atoms with Gasteiger partial charge in [0, 0.05) is 55.4 Å². The highest BCUT2D eigenvalue weighted by atomic mass is 32.2. The Kier molecular flexibility index (Phi) is 13.9. The van der Waals surface area contributed by atoms with Gasteiger partial charge >= 0.3 is 11.9 Å². The number of thiol groups is 1.